The number of hydrogen-bond acceptors (Lipinski definition) is 6. The predicted molar refractivity (Wildman–Crippen MR) is 357 cm³/mol. The van der Waals surface area contributed by atoms with Crippen LogP contribution in [-0.4, -0.2) is 37.2 Å². The maximum absolute atomic E-state index is 12.9. The first kappa shape index (κ1) is 78.3. The molecule has 1 atom stereocenters. The minimum absolute atomic E-state index is 0.0887. The normalized spacial score (nSPS) is 12.7. The van der Waals surface area contributed by atoms with Gasteiger partial charge >= 0.3 is 17.9 Å². The smallest absolute Gasteiger partial charge is 0.306 e. The summed E-state index contributed by atoms with van der Waals surface area (Å²) in [6, 6.07) is 0. The van der Waals surface area contributed by atoms with Crippen LogP contribution in [0.4, 0.5) is 0 Å². The van der Waals surface area contributed by atoms with E-state index < -0.39 is 6.10 Å². The first-order chi connectivity index (χ1) is 40.5. The molecule has 0 amide bonds. The van der Waals surface area contributed by atoms with Gasteiger partial charge < -0.3 is 14.2 Å². The summed E-state index contributed by atoms with van der Waals surface area (Å²) in [7, 11) is 0. The van der Waals surface area contributed by atoms with E-state index in [2.05, 4.69) is 118 Å². The van der Waals surface area contributed by atoms with E-state index in [0.717, 1.165) is 116 Å². The second kappa shape index (κ2) is 69.8. The standard InChI is InChI=1S/C76H132O6/c1-4-7-10-13-16-19-22-25-27-29-31-33-35-36-37-38-39-40-42-43-45-47-49-51-54-57-60-63-66-69-75(78)81-72-73(71-80-74(77)68-65-62-59-56-53-24-21-18-15-12-9-6-3)82-76(79)70-67-64-61-58-55-52-50-48-46-44-41-34-32-30-28-26-23-20-17-14-11-8-5-2/h8,11,17-18,20-21,26,28-29,31-32,34,44,46,50,52,73H,4-7,9-10,12-16,19,22-25,27,30,33,35-43,45,47-49,51,53-72H2,1-3H3/b11-8-,20-17-,21-18-,28-26-,31-29-,34-32-,46-44-,52-50-. The Morgan fingerprint density at radius 1 is 0.256 bits per heavy atom. The summed E-state index contributed by atoms with van der Waals surface area (Å²) in [5.41, 5.74) is 0. The third kappa shape index (κ3) is 67.1. The number of unbranched alkanes of at least 4 members (excludes halogenated alkanes) is 37. The Balaban J connectivity index is 4.27. The maximum Gasteiger partial charge on any atom is 0.306 e. The molecule has 472 valence electrons. The van der Waals surface area contributed by atoms with Crippen LogP contribution in [0.15, 0.2) is 97.2 Å². The van der Waals surface area contributed by atoms with E-state index in [1.807, 2.05) is 0 Å². The molecule has 6 nitrogen and oxygen atoms in total. The van der Waals surface area contributed by atoms with Crippen LogP contribution in [0, 0.1) is 0 Å². The fourth-order valence-corrected chi connectivity index (χ4v) is 10.0. The Kier molecular flexibility index (Phi) is 66.7. The molecule has 6 heteroatoms. The maximum atomic E-state index is 12.9. The van der Waals surface area contributed by atoms with Crippen molar-refractivity contribution in [2.24, 2.45) is 0 Å². The highest BCUT2D eigenvalue weighted by Gasteiger charge is 2.19. The van der Waals surface area contributed by atoms with Crippen LogP contribution in [0.1, 0.15) is 348 Å². The molecule has 0 aromatic carbocycles. The molecule has 0 radical (unpaired) electrons. The summed E-state index contributed by atoms with van der Waals surface area (Å²) < 4.78 is 16.9. The Hall–Kier alpha value is -3.67. The molecule has 0 saturated heterocycles. The van der Waals surface area contributed by atoms with Gasteiger partial charge in [-0.05, 0) is 122 Å². The van der Waals surface area contributed by atoms with Gasteiger partial charge in [0.05, 0.1) is 0 Å². The van der Waals surface area contributed by atoms with Crippen LogP contribution in [0.2, 0.25) is 0 Å². The third-order valence-electron chi connectivity index (χ3n) is 15.3. The molecule has 0 aromatic heterocycles. The molecule has 0 aliphatic carbocycles. The average molecular weight is 1140 g/mol. The van der Waals surface area contributed by atoms with E-state index in [1.165, 1.54) is 193 Å². The van der Waals surface area contributed by atoms with E-state index in [4.69, 9.17) is 14.2 Å². The molecular formula is C76H132O6. The summed E-state index contributed by atoms with van der Waals surface area (Å²) in [4.78, 5) is 38.4. The van der Waals surface area contributed by atoms with Crippen LogP contribution in [0.5, 0.6) is 0 Å². The molecule has 82 heavy (non-hydrogen) atoms. The Labute approximate surface area is 508 Å². The predicted octanol–water partition coefficient (Wildman–Crippen LogP) is 24.4. The lowest BCUT2D eigenvalue weighted by molar-refractivity contribution is -0.167. The highest BCUT2D eigenvalue weighted by atomic mass is 16.6. The number of hydrogen-bond donors (Lipinski definition) is 0. The molecule has 0 heterocycles. The van der Waals surface area contributed by atoms with E-state index in [9.17, 15) is 14.4 Å². The lowest BCUT2D eigenvalue weighted by Crippen LogP contribution is -2.30. The van der Waals surface area contributed by atoms with Crippen molar-refractivity contribution >= 4 is 17.9 Å². The van der Waals surface area contributed by atoms with Crippen molar-refractivity contribution in [2.75, 3.05) is 13.2 Å². The summed E-state index contributed by atoms with van der Waals surface area (Å²) >= 11 is 0. The molecule has 0 aliphatic rings. The third-order valence-corrected chi connectivity index (χ3v) is 15.3. The molecule has 0 spiro atoms. The number of rotatable bonds is 64. The van der Waals surface area contributed by atoms with Gasteiger partial charge in [-0.2, -0.15) is 0 Å². The van der Waals surface area contributed by atoms with Gasteiger partial charge in [0.15, 0.2) is 6.10 Å². The average Bonchev–Trinajstić information content (AvgIpc) is 3.47. The quantitative estimate of drug-likeness (QED) is 0.0261. The van der Waals surface area contributed by atoms with Crippen LogP contribution in [0.25, 0.3) is 0 Å². The molecule has 0 fully saturated rings. The summed E-state index contributed by atoms with van der Waals surface area (Å²) in [5, 5.41) is 0. The summed E-state index contributed by atoms with van der Waals surface area (Å²) in [6.07, 6.45) is 94.4. The van der Waals surface area contributed by atoms with Crippen LogP contribution < -0.4 is 0 Å². The number of ether oxygens (including phenoxy) is 3. The highest BCUT2D eigenvalue weighted by molar-refractivity contribution is 5.71. The second-order valence-electron chi connectivity index (χ2n) is 23.4. The van der Waals surface area contributed by atoms with Gasteiger partial charge in [-0.1, -0.05) is 304 Å². The van der Waals surface area contributed by atoms with Crippen LogP contribution in [-0.2, 0) is 28.6 Å². The molecule has 1 unspecified atom stereocenters. The van der Waals surface area contributed by atoms with Gasteiger partial charge in [-0.15, -0.1) is 0 Å². The van der Waals surface area contributed by atoms with E-state index in [-0.39, 0.29) is 31.1 Å². The van der Waals surface area contributed by atoms with Crippen molar-refractivity contribution < 1.29 is 28.6 Å². The van der Waals surface area contributed by atoms with E-state index in [0.29, 0.717) is 19.3 Å². The number of allylic oxidation sites excluding steroid dienone is 16. The van der Waals surface area contributed by atoms with Crippen molar-refractivity contribution in [1.29, 1.82) is 0 Å². The Bertz CT molecular complexity index is 1590. The van der Waals surface area contributed by atoms with Crippen LogP contribution >= 0.6 is 0 Å². The lowest BCUT2D eigenvalue weighted by Gasteiger charge is -2.18. The SMILES string of the molecule is CC/C=C\C/C=C\C/C=C\C/C=C\C/C=C\C/C=C\CCCCCCC(=O)OC(COC(=O)CCCCCCC/C=C\CCCCC)COC(=O)CCCCCCCCCCCCCCCCCCC/C=C\CCCCCCCCCC. The van der Waals surface area contributed by atoms with Crippen LogP contribution in [0.3, 0.4) is 0 Å². The van der Waals surface area contributed by atoms with Crippen molar-refractivity contribution in [1.82, 2.24) is 0 Å². The molecular weight excluding hydrogens is 1010 g/mol. The van der Waals surface area contributed by atoms with Crippen molar-refractivity contribution in [3.63, 3.8) is 0 Å². The highest BCUT2D eigenvalue weighted by Crippen LogP contribution is 2.17. The van der Waals surface area contributed by atoms with E-state index in [1.54, 1.807) is 0 Å². The topological polar surface area (TPSA) is 78.9 Å². The van der Waals surface area contributed by atoms with E-state index >= 15 is 0 Å². The molecule has 0 rings (SSSR count). The summed E-state index contributed by atoms with van der Waals surface area (Å²) in [6.45, 7) is 6.51. The Morgan fingerprint density at radius 2 is 0.476 bits per heavy atom. The monoisotopic (exact) mass is 1140 g/mol. The molecule has 0 N–H and O–H groups in total. The van der Waals surface area contributed by atoms with Crippen molar-refractivity contribution in [3.05, 3.63) is 97.2 Å². The molecule has 0 saturated carbocycles. The number of esters is 3. The molecule has 0 bridgehead atoms. The fraction of sp³-hybridized carbons (Fsp3) is 0.750. The number of carbonyl (C=O) groups is 3. The lowest BCUT2D eigenvalue weighted by atomic mass is 10.0. The first-order valence-electron chi connectivity index (χ1n) is 35.2. The van der Waals surface area contributed by atoms with Crippen molar-refractivity contribution in [3.8, 4) is 0 Å². The van der Waals surface area contributed by atoms with Gasteiger partial charge in [0.2, 0.25) is 0 Å². The van der Waals surface area contributed by atoms with Gasteiger partial charge in [0, 0.05) is 19.3 Å². The minimum Gasteiger partial charge on any atom is -0.462 e. The molecule has 0 aliphatic heterocycles. The van der Waals surface area contributed by atoms with Gasteiger partial charge in [-0.25, -0.2) is 0 Å². The molecule has 0 aromatic rings. The van der Waals surface area contributed by atoms with Gasteiger partial charge in [0.25, 0.3) is 0 Å². The fourth-order valence-electron chi connectivity index (χ4n) is 10.0. The minimum atomic E-state index is -0.796. The largest absolute Gasteiger partial charge is 0.462 e. The van der Waals surface area contributed by atoms with Gasteiger partial charge in [0.1, 0.15) is 13.2 Å². The summed E-state index contributed by atoms with van der Waals surface area (Å²) in [5.74, 6) is -0.910. The zero-order chi connectivity index (χ0) is 59.2. The van der Waals surface area contributed by atoms with Gasteiger partial charge in [-0.3, -0.25) is 14.4 Å². The number of carbonyl (C=O) groups excluding carboxylic acids is 3. The zero-order valence-electron chi connectivity index (χ0n) is 54.2. The first-order valence-corrected chi connectivity index (χ1v) is 35.2. The Morgan fingerprint density at radius 3 is 0.780 bits per heavy atom. The zero-order valence-corrected chi connectivity index (χ0v) is 54.2. The van der Waals surface area contributed by atoms with Crippen molar-refractivity contribution in [2.45, 2.75) is 354 Å². The second-order valence-corrected chi connectivity index (χ2v) is 23.4.